The van der Waals surface area contributed by atoms with Crippen molar-refractivity contribution >= 4 is 5.97 Å². The van der Waals surface area contributed by atoms with Crippen molar-refractivity contribution in [3.8, 4) is 16.9 Å². The van der Waals surface area contributed by atoms with Gasteiger partial charge in [0, 0.05) is 17.3 Å². The van der Waals surface area contributed by atoms with Gasteiger partial charge in [-0.15, -0.1) is 0 Å². The zero-order valence-corrected chi connectivity index (χ0v) is 12.1. The molecule has 0 N–H and O–H groups in total. The highest BCUT2D eigenvalue weighted by Gasteiger charge is 2.22. The third-order valence-corrected chi connectivity index (χ3v) is 3.07. The van der Waals surface area contributed by atoms with Gasteiger partial charge in [-0.2, -0.15) is 0 Å². The van der Waals surface area contributed by atoms with Gasteiger partial charge in [-0.05, 0) is 19.9 Å². The number of benzene rings is 1. The zero-order valence-electron chi connectivity index (χ0n) is 12.1. The van der Waals surface area contributed by atoms with Crippen LogP contribution in [-0.4, -0.2) is 24.7 Å². The maximum Gasteiger partial charge on any atom is 0.340 e. The molecule has 1 aromatic carbocycles. The van der Waals surface area contributed by atoms with Crippen LogP contribution in [0.4, 0.5) is 4.39 Å². The molecule has 1 aromatic heterocycles. The van der Waals surface area contributed by atoms with Crippen molar-refractivity contribution in [1.29, 1.82) is 0 Å². The van der Waals surface area contributed by atoms with E-state index in [2.05, 4.69) is 4.98 Å². The van der Waals surface area contributed by atoms with Gasteiger partial charge in [-0.1, -0.05) is 18.2 Å². The van der Waals surface area contributed by atoms with Crippen molar-refractivity contribution in [3.05, 3.63) is 47.5 Å². The van der Waals surface area contributed by atoms with E-state index in [1.54, 1.807) is 38.1 Å². The van der Waals surface area contributed by atoms with Crippen LogP contribution in [0.25, 0.3) is 11.1 Å². The molecule has 1 heterocycles. The van der Waals surface area contributed by atoms with Crippen LogP contribution in [-0.2, 0) is 4.74 Å². The molecule has 21 heavy (non-hydrogen) atoms. The lowest BCUT2D eigenvalue weighted by Gasteiger charge is -2.14. The van der Waals surface area contributed by atoms with E-state index in [9.17, 15) is 9.18 Å². The quantitative estimate of drug-likeness (QED) is 0.810. The zero-order chi connectivity index (χ0) is 15.4. The van der Waals surface area contributed by atoms with E-state index in [0.29, 0.717) is 11.3 Å². The molecule has 0 saturated carbocycles. The molecule has 0 aliphatic rings. The van der Waals surface area contributed by atoms with Crippen LogP contribution in [0.3, 0.4) is 0 Å². The highest BCUT2D eigenvalue weighted by molar-refractivity contribution is 5.98. The lowest BCUT2D eigenvalue weighted by atomic mass is 9.99. The Balaban J connectivity index is 2.71. The average Bonchev–Trinajstić information content (AvgIpc) is 2.50. The Kier molecular flexibility index (Phi) is 4.52. The van der Waals surface area contributed by atoms with Crippen molar-refractivity contribution in [2.24, 2.45) is 0 Å². The van der Waals surface area contributed by atoms with Crippen LogP contribution in [0.5, 0.6) is 5.75 Å². The topological polar surface area (TPSA) is 48.4 Å². The number of hydrogen-bond acceptors (Lipinski definition) is 4. The van der Waals surface area contributed by atoms with Gasteiger partial charge in [0.1, 0.15) is 5.75 Å². The highest BCUT2D eigenvalue weighted by Crippen LogP contribution is 2.35. The van der Waals surface area contributed by atoms with Gasteiger partial charge in [0.15, 0.2) is 5.82 Å². The van der Waals surface area contributed by atoms with Crippen LogP contribution in [0.1, 0.15) is 23.0 Å². The molecule has 0 fully saturated rings. The normalized spacial score (nSPS) is 10.3. The summed E-state index contributed by atoms with van der Waals surface area (Å²) in [5, 5.41) is 0. The molecule has 0 amide bonds. The second-order valence-electron chi connectivity index (χ2n) is 4.37. The summed E-state index contributed by atoms with van der Waals surface area (Å²) in [4.78, 5) is 15.9. The number of carbonyl (C=O) groups is 1. The predicted molar refractivity (Wildman–Crippen MR) is 76.9 cm³/mol. The number of esters is 1. The summed E-state index contributed by atoms with van der Waals surface area (Å²) in [6, 6.07) is 6.93. The Morgan fingerprint density at radius 2 is 2.05 bits per heavy atom. The van der Waals surface area contributed by atoms with E-state index in [1.807, 2.05) is 0 Å². The molecule has 0 bridgehead atoms. The van der Waals surface area contributed by atoms with Crippen molar-refractivity contribution in [1.82, 2.24) is 4.98 Å². The van der Waals surface area contributed by atoms with Crippen molar-refractivity contribution in [2.75, 3.05) is 13.7 Å². The summed E-state index contributed by atoms with van der Waals surface area (Å²) in [5.41, 5.74) is 0.942. The SMILES string of the molecule is CCOC(=O)c1cnc(C)c(F)c1-c1ccccc1OC. The minimum atomic E-state index is -0.607. The molecule has 0 saturated heterocycles. The van der Waals surface area contributed by atoms with Gasteiger partial charge in [-0.25, -0.2) is 9.18 Å². The lowest BCUT2D eigenvalue weighted by molar-refractivity contribution is 0.0526. The number of methoxy groups -OCH3 is 1. The fourth-order valence-electron chi connectivity index (χ4n) is 2.06. The molecule has 2 aromatic rings. The molecule has 0 aliphatic carbocycles. The predicted octanol–water partition coefficient (Wildman–Crippen LogP) is 3.38. The molecule has 4 nitrogen and oxygen atoms in total. The first-order valence-electron chi connectivity index (χ1n) is 6.55. The number of ether oxygens (including phenoxy) is 2. The fraction of sp³-hybridized carbons (Fsp3) is 0.250. The summed E-state index contributed by atoms with van der Waals surface area (Å²) in [5.74, 6) is -0.678. The van der Waals surface area contributed by atoms with E-state index >= 15 is 0 Å². The monoisotopic (exact) mass is 289 g/mol. The van der Waals surface area contributed by atoms with Crippen molar-refractivity contribution in [3.63, 3.8) is 0 Å². The maximum atomic E-state index is 14.5. The molecule has 5 heteroatoms. The molecular weight excluding hydrogens is 273 g/mol. The summed E-state index contributed by atoms with van der Waals surface area (Å²) in [6.07, 6.45) is 1.33. The van der Waals surface area contributed by atoms with Crippen molar-refractivity contribution in [2.45, 2.75) is 13.8 Å². The molecular formula is C16H16FNO3. The minimum absolute atomic E-state index is 0.0875. The first-order valence-corrected chi connectivity index (χ1v) is 6.55. The molecule has 0 atom stereocenters. The van der Waals surface area contributed by atoms with Gasteiger partial charge in [-0.3, -0.25) is 4.98 Å². The highest BCUT2D eigenvalue weighted by atomic mass is 19.1. The molecule has 110 valence electrons. The number of nitrogens with zero attached hydrogens (tertiary/aromatic N) is 1. The number of rotatable bonds is 4. The first-order chi connectivity index (χ1) is 10.1. The number of carbonyl (C=O) groups excluding carboxylic acids is 1. The maximum absolute atomic E-state index is 14.5. The van der Waals surface area contributed by atoms with E-state index in [4.69, 9.17) is 9.47 Å². The molecule has 0 unspecified atom stereocenters. The Bertz CT molecular complexity index is 671. The number of aromatic nitrogens is 1. The van der Waals surface area contributed by atoms with Gasteiger partial charge in [0.25, 0.3) is 0 Å². The smallest absolute Gasteiger partial charge is 0.340 e. The van der Waals surface area contributed by atoms with Crippen LogP contribution in [0, 0.1) is 12.7 Å². The van der Waals surface area contributed by atoms with E-state index in [0.717, 1.165) is 0 Å². The molecule has 0 aliphatic heterocycles. The number of pyridine rings is 1. The van der Waals surface area contributed by atoms with Crippen LogP contribution in [0.15, 0.2) is 30.5 Å². The largest absolute Gasteiger partial charge is 0.496 e. The van der Waals surface area contributed by atoms with E-state index < -0.39 is 11.8 Å². The fourth-order valence-corrected chi connectivity index (χ4v) is 2.06. The average molecular weight is 289 g/mol. The lowest BCUT2D eigenvalue weighted by Crippen LogP contribution is -2.10. The molecule has 0 spiro atoms. The number of para-hydroxylation sites is 1. The number of halogens is 1. The standard InChI is InChI=1S/C16H16FNO3/c1-4-21-16(19)12-9-18-10(2)15(17)14(12)11-7-5-6-8-13(11)20-3/h5-9H,4H2,1-3H3. The Morgan fingerprint density at radius 1 is 1.33 bits per heavy atom. The second kappa shape index (κ2) is 6.35. The van der Waals surface area contributed by atoms with Crippen LogP contribution in [0.2, 0.25) is 0 Å². The van der Waals surface area contributed by atoms with Crippen LogP contribution >= 0.6 is 0 Å². The first kappa shape index (κ1) is 15.0. The Labute approximate surface area is 122 Å². The van der Waals surface area contributed by atoms with Gasteiger partial charge >= 0.3 is 5.97 Å². The minimum Gasteiger partial charge on any atom is -0.496 e. The summed E-state index contributed by atoms with van der Waals surface area (Å²) < 4.78 is 24.8. The number of aryl methyl sites for hydroxylation is 1. The Hall–Kier alpha value is -2.43. The van der Waals surface area contributed by atoms with E-state index in [1.165, 1.54) is 13.3 Å². The summed E-state index contributed by atoms with van der Waals surface area (Å²) >= 11 is 0. The van der Waals surface area contributed by atoms with Gasteiger partial charge < -0.3 is 9.47 Å². The number of hydrogen-bond donors (Lipinski definition) is 0. The molecule has 0 radical (unpaired) electrons. The van der Waals surface area contributed by atoms with Gasteiger partial charge in [0.05, 0.1) is 25.0 Å². The third kappa shape index (κ3) is 2.86. The second-order valence-corrected chi connectivity index (χ2v) is 4.37. The van der Waals surface area contributed by atoms with Crippen molar-refractivity contribution < 1.29 is 18.7 Å². The van der Waals surface area contributed by atoms with Crippen LogP contribution < -0.4 is 4.74 Å². The summed E-state index contributed by atoms with van der Waals surface area (Å²) in [7, 11) is 1.49. The Morgan fingerprint density at radius 3 is 2.71 bits per heavy atom. The third-order valence-electron chi connectivity index (χ3n) is 3.07. The summed E-state index contributed by atoms with van der Waals surface area (Å²) in [6.45, 7) is 3.45. The molecule has 2 rings (SSSR count). The van der Waals surface area contributed by atoms with Gasteiger partial charge in [0.2, 0.25) is 0 Å². The van der Waals surface area contributed by atoms with E-state index in [-0.39, 0.29) is 23.4 Å².